The van der Waals surface area contributed by atoms with Crippen LogP contribution in [0.3, 0.4) is 0 Å². The van der Waals surface area contributed by atoms with Crippen LogP contribution in [0.15, 0.2) is 11.5 Å². The average Bonchev–Trinajstić information content (AvgIpc) is 2.61. The lowest BCUT2D eigenvalue weighted by molar-refractivity contribution is 0.143. The Morgan fingerprint density at radius 3 is 1.46 bits per heavy atom. The van der Waals surface area contributed by atoms with Crippen LogP contribution in [0, 0.1) is 0 Å². The van der Waals surface area contributed by atoms with E-state index in [1.54, 1.807) is 27.7 Å². The van der Waals surface area contributed by atoms with E-state index in [-0.39, 0.29) is 39.3 Å². The third-order valence-electron chi connectivity index (χ3n) is 4.22. The molecule has 1 rings (SSSR count). The minimum Gasteiger partial charge on any atom is -0.498 e. The molecule has 0 saturated carbocycles. The van der Waals surface area contributed by atoms with Gasteiger partial charge in [-0.15, -0.1) is 0 Å². The Morgan fingerprint density at radius 1 is 0.769 bits per heavy atom. The van der Waals surface area contributed by atoms with Gasteiger partial charge in [0.15, 0.2) is 4.90 Å². The average molecular weight is 414 g/mol. The molecular weight excluding hydrogens is 382 g/mol. The summed E-state index contributed by atoms with van der Waals surface area (Å²) in [6.45, 7) is 7.40. The predicted molar refractivity (Wildman–Crippen MR) is 99.3 cm³/mol. The lowest BCUT2D eigenvalue weighted by Crippen LogP contribution is -2.37. The third kappa shape index (κ3) is 4.37. The van der Waals surface area contributed by atoms with Crippen molar-refractivity contribution in [3.8, 4) is 0 Å². The zero-order valence-electron chi connectivity index (χ0n) is 16.6. The molecule has 154 valence electrons. The summed E-state index contributed by atoms with van der Waals surface area (Å²) in [6, 6.07) is 0. The maximum Gasteiger partial charge on any atom is 0.349 e. The van der Waals surface area contributed by atoms with E-state index in [1.165, 1.54) is 14.2 Å². The second-order valence-electron chi connectivity index (χ2n) is 5.58. The van der Waals surface area contributed by atoms with Gasteiger partial charge in [-0.25, -0.2) is 0 Å². The minimum atomic E-state index is -3.88. The largest absolute Gasteiger partial charge is 0.498 e. The summed E-state index contributed by atoms with van der Waals surface area (Å²) in [4.78, 5) is -1.49. The van der Waals surface area contributed by atoms with Crippen LogP contribution in [0.5, 0.6) is 0 Å². The second-order valence-corrected chi connectivity index (χ2v) is 10.7. The summed E-state index contributed by atoms with van der Waals surface area (Å²) in [5, 5.41) is 0. The highest BCUT2D eigenvalue weighted by molar-refractivity contribution is 7.74. The summed E-state index contributed by atoms with van der Waals surface area (Å²) in [5.74, 6) is 1.06. The van der Waals surface area contributed by atoms with Crippen molar-refractivity contribution in [2.45, 2.75) is 51.9 Å². The molecule has 1 aliphatic rings. The van der Waals surface area contributed by atoms with E-state index in [9.17, 15) is 9.13 Å². The standard InChI is InChI=1S/C16H32O8P2/c1-7-21-25(17,22-8-2)16(26(18,23-9-3)24-10-4)12-11-14(19-5)15(13-16)20-6/h7-13H2,1-6H3. The van der Waals surface area contributed by atoms with Crippen LogP contribution in [-0.4, -0.2) is 45.5 Å². The lowest BCUT2D eigenvalue weighted by atomic mass is 10.0. The summed E-state index contributed by atoms with van der Waals surface area (Å²) in [5.41, 5.74) is 0. The van der Waals surface area contributed by atoms with E-state index >= 15 is 0 Å². The molecule has 0 bridgehead atoms. The van der Waals surface area contributed by atoms with Crippen molar-refractivity contribution in [2.24, 2.45) is 0 Å². The lowest BCUT2D eigenvalue weighted by Gasteiger charge is -2.44. The number of allylic oxidation sites excluding steroid dienone is 2. The van der Waals surface area contributed by atoms with Gasteiger partial charge in [-0.1, -0.05) is 0 Å². The fraction of sp³-hybridized carbons (Fsp3) is 0.875. The van der Waals surface area contributed by atoms with Gasteiger partial charge < -0.3 is 27.6 Å². The SMILES string of the molecule is CCOP(=O)(OCC)C1(P(=O)(OCC)OCC)CCC(OC)=C(OC)C1. The molecule has 0 unspecified atom stereocenters. The Kier molecular flexibility index (Phi) is 9.34. The van der Waals surface area contributed by atoms with Crippen LogP contribution >= 0.6 is 15.2 Å². The third-order valence-corrected chi connectivity index (χ3v) is 10.9. The first-order valence-electron chi connectivity index (χ1n) is 8.91. The Balaban J connectivity index is 3.64. The van der Waals surface area contributed by atoms with Gasteiger partial charge in [0.1, 0.15) is 11.5 Å². The van der Waals surface area contributed by atoms with Crippen LogP contribution in [0.4, 0.5) is 0 Å². The molecule has 0 aliphatic heterocycles. The van der Waals surface area contributed by atoms with Crippen LogP contribution in [-0.2, 0) is 36.7 Å². The van der Waals surface area contributed by atoms with Crippen LogP contribution in [0.25, 0.3) is 0 Å². The van der Waals surface area contributed by atoms with Crippen LogP contribution < -0.4 is 0 Å². The number of ether oxygens (including phenoxy) is 2. The Hall–Kier alpha value is -0.360. The maximum absolute atomic E-state index is 13.8. The number of methoxy groups -OCH3 is 2. The van der Waals surface area contributed by atoms with Gasteiger partial charge in [0.2, 0.25) is 0 Å². The van der Waals surface area contributed by atoms with Gasteiger partial charge in [0.25, 0.3) is 0 Å². The fourth-order valence-corrected chi connectivity index (χ4v) is 8.96. The van der Waals surface area contributed by atoms with Gasteiger partial charge in [-0.05, 0) is 34.1 Å². The molecule has 0 N–H and O–H groups in total. The van der Waals surface area contributed by atoms with E-state index in [4.69, 9.17) is 27.6 Å². The normalized spacial score (nSPS) is 18.1. The Bertz CT molecular complexity index is 525. The van der Waals surface area contributed by atoms with E-state index in [1.807, 2.05) is 0 Å². The van der Waals surface area contributed by atoms with E-state index in [0.29, 0.717) is 17.9 Å². The molecule has 26 heavy (non-hydrogen) atoms. The van der Waals surface area contributed by atoms with E-state index in [0.717, 1.165) is 0 Å². The summed E-state index contributed by atoms with van der Waals surface area (Å²) in [6.07, 6.45) is 0.576. The smallest absolute Gasteiger partial charge is 0.349 e. The second kappa shape index (κ2) is 10.3. The summed E-state index contributed by atoms with van der Waals surface area (Å²) in [7, 11) is -4.73. The molecule has 0 aromatic heterocycles. The molecule has 0 amide bonds. The van der Waals surface area contributed by atoms with Crippen molar-refractivity contribution in [1.82, 2.24) is 0 Å². The molecule has 0 aromatic carbocycles. The minimum absolute atomic E-state index is 0.0151. The van der Waals surface area contributed by atoms with Crippen molar-refractivity contribution >= 4 is 15.2 Å². The Morgan fingerprint density at radius 2 is 1.15 bits per heavy atom. The highest BCUT2D eigenvalue weighted by Crippen LogP contribution is 2.81. The monoisotopic (exact) mass is 414 g/mol. The van der Waals surface area contributed by atoms with Crippen molar-refractivity contribution < 1.29 is 36.7 Å². The molecule has 0 aromatic rings. The molecular formula is C16H32O8P2. The number of hydrogen-bond acceptors (Lipinski definition) is 8. The first-order valence-corrected chi connectivity index (χ1v) is 12.0. The van der Waals surface area contributed by atoms with Gasteiger partial charge in [-0.3, -0.25) is 9.13 Å². The molecule has 0 radical (unpaired) electrons. The zero-order valence-corrected chi connectivity index (χ0v) is 18.4. The van der Waals surface area contributed by atoms with Crippen molar-refractivity contribution in [2.75, 3.05) is 40.6 Å². The van der Waals surface area contributed by atoms with E-state index < -0.39 is 20.1 Å². The molecule has 0 heterocycles. The highest BCUT2D eigenvalue weighted by atomic mass is 31.2. The van der Waals surface area contributed by atoms with Crippen molar-refractivity contribution in [3.05, 3.63) is 11.5 Å². The van der Waals surface area contributed by atoms with Gasteiger partial charge in [0.05, 0.1) is 40.6 Å². The van der Waals surface area contributed by atoms with Crippen LogP contribution in [0.1, 0.15) is 47.0 Å². The quantitative estimate of drug-likeness (QED) is 0.417. The number of rotatable bonds is 12. The number of hydrogen-bond donors (Lipinski definition) is 0. The molecule has 0 spiro atoms. The van der Waals surface area contributed by atoms with Crippen molar-refractivity contribution in [1.29, 1.82) is 0 Å². The molecule has 0 fully saturated rings. The topological polar surface area (TPSA) is 89.5 Å². The maximum atomic E-state index is 13.8. The van der Waals surface area contributed by atoms with E-state index in [2.05, 4.69) is 0 Å². The van der Waals surface area contributed by atoms with Gasteiger partial charge >= 0.3 is 15.2 Å². The summed E-state index contributed by atoms with van der Waals surface area (Å²) >= 11 is 0. The summed E-state index contributed by atoms with van der Waals surface area (Å²) < 4.78 is 60.9. The Labute approximate surface area is 156 Å². The van der Waals surface area contributed by atoms with Crippen molar-refractivity contribution in [3.63, 3.8) is 0 Å². The zero-order chi connectivity index (χ0) is 19.8. The van der Waals surface area contributed by atoms with Crippen LogP contribution in [0.2, 0.25) is 0 Å². The molecule has 10 heteroatoms. The van der Waals surface area contributed by atoms with Gasteiger partial charge in [0, 0.05) is 12.8 Å². The highest BCUT2D eigenvalue weighted by Gasteiger charge is 2.66. The fourth-order valence-electron chi connectivity index (χ4n) is 3.15. The molecule has 0 saturated heterocycles. The van der Waals surface area contributed by atoms with Gasteiger partial charge in [-0.2, -0.15) is 0 Å². The first kappa shape index (κ1) is 23.7. The first-order chi connectivity index (χ1) is 12.3. The predicted octanol–water partition coefficient (Wildman–Crippen LogP) is 4.90. The molecule has 8 nitrogen and oxygen atoms in total. The molecule has 1 aliphatic carbocycles. The molecule has 0 atom stereocenters.